The molecule has 0 bridgehead atoms. The van der Waals surface area contributed by atoms with Crippen LogP contribution in [0.4, 0.5) is 0 Å². The van der Waals surface area contributed by atoms with Gasteiger partial charge in [-0.1, -0.05) is 54.3 Å². The molecule has 0 N–H and O–H groups in total. The third kappa shape index (κ3) is 3.82. The van der Waals surface area contributed by atoms with Crippen molar-refractivity contribution in [3.8, 4) is 0 Å². The molecular formula is C13H19N2SSi+. The predicted molar refractivity (Wildman–Crippen MR) is 77.7 cm³/mol. The normalized spacial score (nSPS) is 11.9. The molecular weight excluding hydrogens is 244 g/mol. The first-order chi connectivity index (χ1) is 8.04. The molecule has 0 aliphatic carbocycles. The Hall–Kier alpha value is -0.873. The van der Waals surface area contributed by atoms with Crippen molar-refractivity contribution in [2.75, 3.05) is 5.38 Å². The molecule has 0 aliphatic rings. The molecule has 0 atom stereocenters. The van der Waals surface area contributed by atoms with Crippen LogP contribution in [0.25, 0.3) is 10.8 Å². The molecule has 2 nitrogen and oxygen atoms in total. The zero-order valence-electron chi connectivity index (χ0n) is 10.7. The Morgan fingerprint density at radius 1 is 1.18 bits per heavy atom. The average Bonchev–Trinajstić information content (AvgIpc) is 2.27. The van der Waals surface area contributed by atoms with Gasteiger partial charge in [-0.05, 0) is 16.5 Å². The van der Waals surface area contributed by atoms with Gasteiger partial charge in [-0.15, -0.1) is 0 Å². The Morgan fingerprint density at radius 3 is 2.59 bits per heavy atom. The molecule has 90 valence electrons. The van der Waals surface area contributed by atoms with Crippen molar-refractivity contribution in [3.63, 3.8) is 0 Å². The number of hydrogen-bond donors (Lipinski definition) is 0. The van der Waals surface area contributed by atoms with Crippen LogP contribution in [0.15, 0.2) is 36.7 Å². The molecule has 2 aromatic rings. The molecule has 0 aliphatic heterocycles. The highest BCUT2D eigenvalue weighted by Gasteiger charge is 2.14. The molecule has 0 spiro atoms. The Bertz CT molecular complexity index is 508. The number of fused-ring (bicyclic) bond motifs is 1. The van der Waals surface area contributed by atoms with Crippen LogP contribution in [-0.4, -0.2) is 18.5 Å². The minimum atomic E-state index is -0.943. The highest BCUT2D eigenvalue weighted by molar-refractivity contribution is 7.99. The Kier molecular flexibility index (Phi) is 3.84. The van der Waals surface area contributed by atoms with Crippen LogP contribution in [0, 0.1) is 0 Å². The molecule has 17 heavy (non-hydrogen) atoms. The number of hydrogen-bond acceptors (Lipinski definition) is 2. The van der Waals surface area contributed by atoms with Crippen molar-refractivity contribution in [2.45, 2.75) is 25.5 Å². The maximum Gasteiger partial charge on any atom is 0.220 e. The minimum absolute atomic E-state index is 0.943. The first-order valence-corrected chi connectivity index (χ1v) is 10.7. The maximum absolute atomic E-state index is 4.44. The van der Waals surface area contributed by atoms with Crippen LogP contribution in [0.1, 0.15) is 0 Å². The lowest BCUT2D eigenvalue weighted by atomic mass is 10.2. The van der Waals surface area contributed by atoms with E-state index in [-0.39, 0.29) is 0 Å². The van der Waals surface area contributed by atoms with Crippen molar-refractivity contribution in [3.05, 3.63) is 36.7 Å². The van der Waals surface area contributed by atoms with Crippen molar-refractivity contribution in [1.29, 1.82) is 0 Å². The standard InChI is InChI=1S/C13H19N2SSi/c1-17(2,3)11-16-10-15-9-13-7-5-4-6-12(13)8-14-15/h4-9H,10-11H2,1-3H3/q+1. The van der Waals surface area contributed by atoms with E-state index in [0.717, 1.165) is 5.88 Å². The number of rotatable bonds is 4. The summed E-state index contributed by atoms with van der Waals surface area (Å²) in [5, 5.41) is 8.19. The highest BCUT2D eigenvalue weighted by atomic mass is 32.2. The SMILES string of the molecule is C[Si](C)(C)CSC[n+]1cc2ccccc2cn1. The second-order valence-electron chi connectivity index (χ2n) is 5.48. The minimum Gasteiger partial charge on any atom is -0.0924 e. The predicted octanol–water partition coefficient (Wildman–Crippen LogP) is 3.09. The second-order valence-corrected chi connectivity index (χ2v) is 12.4. The molecule has 1 aromatic carbocycles. The first kappa shape index (κ1) is 12.6. The molecule has 4 heteroatoms. The third-order valence-corrected chi connectivity index (χ3v) is 7.12. The summed E-state index contributed by atoms with van der Waals surface area (Å²) in [5.74, 6) is 0.953. The van der Waals surface area contributed by atoms with Gasteiger partial charge in [-0.2, -0.15) is 0 Å². The summed E-state index contributed by atoms with van der Waals surface area (Å²) in [6.07, 6.45) is 4.08. The maximum atomic E-state index is 4.44. The van der Waals surface area contributed by atoms with Gasteiger partial charge >= 0.3 is 0 Å². The summed E-state index contributed by atoms with van der Waals surface area (Å²) >= 11 is 1.98. The fourth-order valence-electron chi connectivity index (χ4n) is 1.59. The van der Waals surface area contributed by atoms with E-state index in [9.17, 15) is 0 Å². The molecule has 1 heterocycles. The van der Waals surface area contributed by atoms with E-state index in [1.165, 1.54) is 16.1 Å². The summed E-state index contributed by atoms with van der Waals surface area (Å²) in [5.41, 5.74) is 0. The summed E-state index contributed by atoms with van der Waals surface area (Å²) in [4.78, 5) is 0. The van der Waals surface area contributed by atoms with Crippen LogP contribution < -0.4 is 4.68 Å². The number of benzene rings is 1. The lowest BCUT2D eigenvalue weighted by molar-refractivity contribution is -0.733. The van der Waals surface area contributed by atoms with Gasteiger partial charge in [0.1, 0.15) is 6.20 Å². The van der Waals surface area contributed by atoms with Crippen LogP contribution in [-0.2, 0) is 5.88 Å². The fraction of sp³-hybridized carbons (Fsp3) is 0.385. The van der Waals surface area contributed by atoms with Crippen LogP contribution in [0.3, 0.4) is 0 Å². The van der Waals surface area contributed by atoms with E-state index in [2.05, 4.69) is 49.1 Å². The highest BCUT2D eigenvalue weighted by Crippen LogP contribution is 2.12. The summed E-state index contributed by atoms with van der Waals surface area (Å²) < 4.78 is 2.03. The van der Waals surface area contributed by atoms with Gasteiger partial charge in [-0.25, -0.2) is 0 Å². The molecule has 0 amide bonds. The van der Waals surface area contributed by atoms with Gasteiger partial charge < -0.3 is 0 Å². The van der Waals surface area contributed by atoms with E-state index in [4.69, 9.17) is 0 Å². The second kappa shape index (κ2) is 5.19. The van der Waals surface area contributed by atoms with Gasteiger partial charge in [0.15, 0.2) is 0 Å². The Morgan fingerprint density at radius 2 is 1.88 bits per heavy atom. The van der Waals surface area contributed by atoms with E-state index >= 15 is 0 Å². The molecule has 1 aromatic heterocycles. The Balaban J connectivity index is 2.04. The van der Waals surface area contributed by atoms with Gasteiger partial charge in [0, 0.05) is 10.8 Å². The molecule has 0 radical (unpaired) electrons. The van der Waals surface area contributed by atoms with Gasteiger partial charge in [-0.3, -0.25) is 0 Å². The third-order valence-electron chi connectivity index (χ3n) is 2.39. The van der Waals surface area contributed by atoms with Gasteiger partial charge in [0.2, 0.25) is 12.1 Å². The quantitative estimate of drug-likeness (QED) is 0.623. The van der Waals surface area contributed by atoms with Crippen LogP contribution in [0.2, 0.25) is 19.6 Å². The number of aromatic nitrogens is 2. The lowest BCUT2D eigenvalue weighted by Crippen LogP contribution is -2.37. The first-order valence-electron chi connectivity index (χ1n) is 5.87. The topological polar surface area (TPSA) is 16.8 Å². The van der Waals surface area contributed by atoms with Gasteiger partial charge in [0.05, 0.1) is 8.07 Å². The number of nitrogens with zero attached hydrogens (tertiary/aromatic N) is 2. The zero-order valence-corrected chi connectivity index (χ0v) is 12.5. The largest absolute Gasteiger partial charge is 0.220 e. The Labute approximate surface area is 108 Å². The van der Waals surface area contributed by atoms with Crippen LogP contribution >= 0.6 is 11.8 Å². The number of thioether (sulfide) groups is 1. The van der Waals surface area contributed by atoms with Gasteiger partial charge in [0.25, 0.3) is 0 Å². The van der Waals surface area contributed by atoms with E-state index in [1.807, 2.05) is 28.7 Å². The van der Waals surface area contributed by atoms with E-state index < -0.39 is 8.07 Å². The van der Waals surface area contributed by atoms with Crippen molar-refractivity contribution in [2.24, 2.45) is 0 Å². The van der Waals surface area contributed by atoms with Crippen molar-refractivity contribution in [1.82, 2.24) is 5.10 Å². The monoisotopic (exact) mass is 263 g/mol. The average molecular weight is 263 g/mol. The molecule has 2 rings (SSSR count). The summed E-state index contributed by atoms with van der Waals surface area (Å²) in [6.45, 7) is 7.20. The summed E-state index contributed by atoms with van der Waals surface area (Å²) in [7, 11) is -0.943. The van der Waals surface area contributed by atoms with E-state index in [0.29, 0.717) is 0 Å². The van der Waals surface area contributed by atoms with Crippen molar-refractivity contribution < 1.29 is 4.68 Å². The molecule has 0 unspecified atom stereocenters. The fourth-order valence-corrected chi connectivity index (χ4v) is 4.74. The molecule has 0 fully saturated rings. The molecule has 0 saturated heterocycles. The van der Waals surface area contributed by atoms with Crippen LogP contribution in [0.5, 0.6) is 0 Å². The summed E-state index contributed by atoms with van der Waals surface area (Å²) in [6, 6.07) is 8.36. The van der Waals surface area contributed by atoms with E-state index in [1.54, 1.807) is 0 Å². The zero-order chi connectivity index (χ0) is 12.3. The van der Waals surface area contributed by atoms with Crippen molar-refractivity contribution >= 4 is 30.6 Å². The molecule has 0 saturated carbocycles. The lowest BCUT2D eigenvalue weighted by Gasteiger charge is -2.12. The smallest absolute Gasteiger partial charge is 0.0924 e.